The van der Waals surface area contributed by atoms with Crippen molar-refractivity contribution in [3.63, 3.8) is 0 Å². The first-order valence-electron chi connectivity index (χ1n) is 8.10. The predicted octanol–water partition coefficient (Wildman–Crippen LogP) is 3.08. The van der Waals surface area contributed by atoms with Gasteiger partial charge in [-0.1, -0.05) is 12.1 Å². The van der Waals surface area contributed by atoms with E-state index in [1.54, 1.807) is 18.9 Å². The summed E-state index contributed by atoms with van der Waals surface area (Å²) >= 11 is 1.65. The largest absolute Gasteiger partial charge is 0.497 e. The molecule has 3 aromatic heterocycles. The van der Waals surface area contributed by atoms with Crippen molar-refractivity contribution in [3.8, 4) is 17.3 Å². The van der Waals surface area contributed by atoms with E-state index >= 15 is 0 Å². The lowest BCUT2D eigenvalue weighted by Gasteiger charge is -2.05. The number of hydrogen-bond donors (Lipinski definition) is 0. The summed E-state index contributed by atoms with van der Waals surface area (Å²) in [5, 5.41) is 4.53. The van der Waals surface area contributed by atoms with Gasteiger partial charge in [0.1, 0.15) is 17.3 Å². The van der Waals surface area contributed by atoms with Gasteiger partial charge < -0.3 is 4.74 Å². The number of hydrogen-bond acceptors (Lipinski definition) is 6. The Hall–Kier alpha value is -2.87. The van der Waals surface area contributed by atoms with Crippen LogP contribution in [0.1, 0.15) is 11.4 Å². The van der Waals surface area contributed by atoms with Gasteiger partial charge in [-0.05, 0) is 30.9 Å². The molecule has 0 saturated heterocycles. The second-order valence-electron chi connectivity index (χ2n) is 5.82. The Labute approximate surface area is 155 Å². The van der Waals surface area contributed by atoms with Gasteiger partial charge in [0.05, 0.1) is 13.7 Å². The van der Waals surface area contributed by atoms with Crippen molar-refractivity contribution in [2.45, 2.75) is 18.4 Å². The predicted molar refractivity (Wildman–Crippen MR) is 101 cm³/mol. The number of benzene rings is 1. The monoisotopic (exact) mass is 366 g/mol. The first-order valence-corrected chi connectivity index (χ1v) is 9.32. The van der Waals surface area contributed by atoms with Crippen LogP contribution in [0, 0.1) is 6.92 Å². The number of ether oxygens (including phenoxy) is 1. The highest BCUT2D eigenvalue weighted by molar-refractivity contribution is 7.98. The molecule has 0 unspecified atom stereocenters. The maximum Gasteiger partial charge on any atom is 0.234 e. The summed E-state index contributed by atoms with van der Waals surface area (Å²) < 4.78 is 9.00. The molecule has 1 aromatic carbocycles. The quantitative estimate of drug-likeness (QED) is 0.506. The average molecular weight is 366 g/mol. The van der Waals surface area contributed by atoms with Crippen LogP contribution < -0.4 is 4.74 Å². The lowest BCUT2D eigenvalue weighted by Crippen LogP contribution is -2.04. The standard InChI is InChI=1S/C18H18N6OS/c1-12-20-17(16-11-23-10-15(26-3)8-19-18(23)21-16)24(22-12)9-13-4-6-14(25-2)7-5-13/h4-8,10-11H,9H2,1-3H3. The van der Waals surface area contributed by atoms with Gasteiger partial charge in [-0.25, -0.2) is 19.6 Å². The van der Waals surface area contributed by atoms with Gasteiger partial charge >= 0.3 is 0 Å². The summed E-state index contributed by atoms with van der Waals surface area (Å²) in [6.07, 6.45) is 7.80. The fraction of sp³-hybridized carbons (Fsp3) is 0.222. The number of methoxy groups -OCH3 is 1. The Morgan fingerprint density at radius 1 is 1.12 bits per heavy atom. The molecule has 26 heavy (non-hydrogen) atoms. The molecule has 3 heterocycles. The summed E-state index contributed by atoms with van der Waals surface area (Å²) in [6, 6.07) is 7.93. The highest BCUT2D eigenvalue weighted by atomic mass is 32.2. The molecule has 0 N–H and O–H groups in total. The van der Waals surface area contributed by atoms with E-state index in [9.17, 15) is 0 Å². The smallest absolute Gasteiger partial charge is 0.234 e. The van der Waals surface area contributed by atoms with Gasteiger partial charge in [0, 0.05) is 23.5 Å². The lowest BCUT2D eigenvalue weighted by molar-refractivity contribution is 0.414. The number of aryl methyl sites for hydroxylation is 1. The molecule has 0 fully saturated rings. The van der Waals surface area contributed by atoms with Gasteiger partial charge in [0.25, 0.3) is 0 Å². The molecule has 4 rings (SSSR count). The third kappa shape index (κ3) is 3.15. The van der Waals surface area contributed by atoms with Crippen molar-refractivity contribution < 1.29 is 4.74 Å². The summed E-state index contributed by atoms with van der Waals surface area (Å²) in [5.41, 5.74) is 1.87. The Balaban J connectivity index is 1.70. The number of aromatic nitrogens is 6. The molecule has 0 spiro atoms. The Morgan fingerprint density at radius 3 is 2.65 bits per heavy atom. The van der Waals surface area contributed by atoms with Gasteiger partial charge in [0.15, 0.2) is 5.82 Å². The molecular formula is C18H18N6OS. The highest BCUT2D eigenvalue weighted by Gasteiger charge is 2.15. The van der Waals surface area contributed by atoms with Crippen LogP contribution in [0.4, 0.5) is 0 Å². The van der Waals surface area contributed by atoms with Crippen molar-refractivity contribution in [3.05, 3.63) is 54.2 Å². The van der Waals surface area contributed by atoms with E-state index in [1.165, 1.54) is 0 Å². The molecule has 0 saturated carbocycles. The zero-order chi connectivity index (χ0) is 18.1. The minimum atomic E-state index is 0.609. The molecule has 0 aliphatic rings. The second kappa shape index (κ2) is 6.80. The van der Waals surface area contributed by atoms with Gasteiger partial charge in [-0.2, -0.15) is 5.10 Å². The normalized spacial score (nSPS) is 11.2. The first-order chi connectivity index (χ1) is 12.7. The van der Waals surface area contributed by atoms with Crippen LogP contribution in [0.3, 0.4) is 0 Å². The molecule has 132 valence electrons. The summed E-state index contributed by atoms with van der Waals surface area (Å²) in [7, 11) is 1.66. The summed E-state index contributed by atoms with van der Waals surface area (Å²) in [6.45, 7) is 2.49. The molecular weight excluding hydrogens is 348 g/mol. The molecule has 7 nitrogen and oxygen atoms in total. The van der Waals surface area contributed by atoms with Crippen molar-refractivity contribution in [1.82, 2.24) is 29.1 Å². The fourth-order valence-corrected chi connectivity index (χ4v) is 3.12. The van der Waals surface area contributed by atoms with Crippen molar-refractivity contribution in [2.75, 3.05) is 13.4 Å². The van der Waals surface area contributed by atoms with E-state index in [4.69, 9.17) is 4.74 Å². The van der Waals surface area contributed by atoms with Crippen LogP contribution in [-0.4, -0.2) is 42.5 Å². The van der Waals surface area contributed by atoms with Crippen LogP contribution in [0.2, 0.25) is 0 Å². The maximum absolute atomic E-state index is 5.21. The van der Waals surface area contributed by atoms with Crippen molar-refractivity contribution >= 4 is 17.5 Å². The van der Waals surface area contributed by atoms with Crippen LogP contribution in [0.15, 0.2) is 47.8 Å². The minimum Gasteiger partial charge on any atom is -0.497 e. The third-order valence-corrected chi connectivity index (χ3v) is 4.70. The SMILES string of the molecule is COc1ccc(Cn2nc(C)nc2-c2cn3cc(SC)cnc3n2)cc1. The number of thioether (sulfide) groups is 1. The van der Waals surface area contributed by atoms with E-state index < -0.39 is 0 Å². The summed E-state index contributed by atoms with van der Waals surface area (Å²) in [4.78, 5) is 14.6. The zero-order valence-corrected chi connectivity index (χ0v) is 15.6. The van der Waals surface area contributed by atoms with Gasteiger partial charge in [-0.3, -0.25) is 4.40 Å². The fourth-order valence-electron chi connectivity index (χ4n) is 2.74. The number of imidazole rings is 1. The molecule has 4 aromatic rings. The first kappa shape index (κ1) is 16.6. The molecule has 8 heteroatoms. The zero-order valence-electron chi connectivity index (χ0n) is 14.7. The van der Waals surface area contributed by atoms with E-state index in [0.29, 0.717) is 18.1 Å². The second-order valence-corrected chi connectivity index (χ2v) is 6.70. The van der Waals surface area contributed by atoms with E-state index in [2.05, 4.69) is 20.1 Å². The van der Waals surface area contributed by atoms with Crippen LogP contribution in [-0.2, 0) is 6.54 Å². The van der Waals surface area contributed by atoms with E-state index in [-0.39, 0.29) is 0 Å². The topological polar surface area (TPSA) is 70.1 Å². The number of nitrogens with zero attached hydrogens (tertiary/aromatic N) is 6. The molecule has 0 aliphatic heterocycles. The van der Waals surface area contributed by atoms with E-state index in [0.717, 1.165) is 27.7 Å². The molecule has 0 bridgehead atoms. The number of fused-ring (bicyclic) bond motifs is 1. The minimum absolute atomic E-state index is 0.609. The van der Waals surface area contributed by atoms with Crippen LogP contribution >= 0.6 is 11.8 Å². The lowest BCUT2D eigenvalue weighted by atomic mass is 10.2. The van der Waals surface area contributed by atoms with Crippen molar-refractivity contribution in [2.24, 2.45) is 0 Å². The van der Waals surface area contributed by atoms with Gasteiger partial charge in [-0.15, -0.1) is 11.8 Å². The Kier molecular flexibility index (Phi) is 4.34. The van der Waals surface area contributed by atoms with Crippen LogP contribution in [0.25, 0.3) is 17.3 Å². The Morgan fingerprint density at radius 2 is 1.92 bits per heavy atom. The van der Waals surface area contributed by atoms with Gasteiger partial charge in [0.2, 0.25) is 5.78 Å². The highest BCUT2D eigenvalue weighted by Crippen LogP contribution is 2.21. The summed E-state index contributed by atoms with van der Waals surface area (Å²) in [5.74, 6) is 2.92. The average Bonchev–Trinajstić information content (AvgIpc) is 3.24. The number of rotatable bonds is 5. The molecule has 0 aliphatic carbocycles. The van der Waals surface area contributed by atoms with Crippen LogP contribution in [0.5, 0.6) is 5.75 Å². The molecule has 0 atom stereocenters. The molecule has 0 radical (unpaired) electrons. The van der Waals surface area contributed by atoms with E-state index in [1.807, 2.05) is 65.1 Å². The third-order valence-electron chi connectivity index (χ3n) is 4.02. The maximum atomic E-state index is 5.21. The van der Waals surface area contributed by atoms with Crippen molar-refractivity contribution in [1.29, 1.82) is 0 Å². The molecule has 0 amide bonds. The Bertz CT molecular complexity index is 1050.